The molecule has 1 aromatic carbocycles. The molecule has 0 bridgehead atoms. The van der Waals surface area contributed by atoms with E-state index in [2.05, 4.69) is 10.3 Å². The van der Waals surface area contributed by atoms with Crippen LogP contribution in [0.3, 0.4) is 0 Å². The molecule has 2 aliphatic heterocycles. The molecular weight excluding hydrogens is 376 g/mol. The van der Waals surface area contributed by atoms with Crippen molar-refractivity contribution >= 4 is 34.9 Å². The predicted octanol–water partition coefficient (Wildman–Crippen LogP) is 3.58. The Morgan fingerprint density at radius 3 is 2.71 bits per heavy atom. The van der Waals surface area contributed by atoms with Gasteiger partial charge in [0.15, 0.2) is 0 Å². The highest BCUT2D eigenvalue weighted by molar-refractivity contribution is 6.33. The van der Waals surface area contributed by atoms with E-state index >= 15 is 0 Å². The maximum absolute atomic E-state index is 12.7. The van der Waals surface area contributed by atoms with Gasteiger partial charge in [0.25, 0.3) is 5.91 Å². The van der Waals surface area contributed by atoms with Gasteiger partial charge in [0.2, 0.25) is 5.91 Å². The van der Waals surface area contributed by atoms with Crippen molar-refractivity contribution in [2.75, 3.05) is 29.9 Å². The number of para-hydroxylation sites is 1. The molecule has 0 spiro atoms. The fourth-order valence-corrected chi connectivity index (χ4v) is 4.08. The largest absolute Gasteiger partial charge is 0.365 e. The Morgan fingerprint density at radius 1 is 1.14 bits per heavy atom. The maximum Gasteiger partial charge on any atom is 0.254 e. The molecule has 1 N–H and O–H groups in total. The van der Waals surface area contributed by atoms with Crippen LogP contribution in [0, 0.1) is 0 Å². The molecule has 7 heteroatoms. The number of amides is 2. The van der Waals surface area contributed by atoms with Crippen LogP contribution < -0.4 is 10.2 Å². The van der Waals surface area contributed by atoms with E-state index in [1.165, 1.54) is 6.42 Å². The average Bonchev–Trinajstić information content (AvgIpc) is 3.08. The van der Waals surface area contributed by atoms with Gasteiger partial charge in [-0.15, -0.1) is 0 Å². The lowest BCUT2D eigenvalue weighted by molar-refractivity contribution is -0.117. The third-order valence-electron chi connectivity index (χ3n) is 5.27. The third kappa shape index (κ3) is 3.97. The fourth-order valence-electron chi connectivity index (χ4n) is 3.84. The van der Waals surface area contributed by atoms with Crippen molar-refractivity contribution < 1.29 is 9.59 Å². The van der Waals surface area contributed by atoms with Crippen molar-refractivity contribution in [2.24, 2.45) is 0 Å². The van der Waals surface area contributed by atoms with E-state index in [0.29, 0.717) is 29.4 Å². The second-order valence-corrected chi connectivity index (χ2v) is 7.69. The molecule has 6 nitrogen and oxygen atoms in total. The molecule has 2 saturated heterocycles. The Morgan fingerprint density at radius 2 is 1.93 bits per heavy atom. The van der Waals surface area contributed by atoms with Gasteiger partial charge in [0.05, 0.1) is 16.8 Å². The number of piperidine rings is 1. The monoisotopic (exact) mass is 398 g/mol. The summed E-state index contributed by atoms with van der Waals surface area (Å²) in [5.74, 6) is 0.679. The first kappa shape index (κ1) is 18.7. The van der Waals surface area contributed by atoms with Gasteiger partial charge in [-0.1, -0.05) is 23.7 Å². The minimum Gasteiger partial charge on any atom is -0.365 e. The van der Waals surface area contributed by atoms with Gasteiger partial charge in [0.1, 0.15) is 5.82 Å². The minimum atomic E-state index is -0.0865. The van der Waals surface area contributed by atoms with Crippen LogP contribution in [0.25, 0.3) is 0 Å². The summed E-state index contributed by atoms with van der Waals surface area (Å²) in [4.78, 5) is 33.1. The molecule has 4 rings (SSSR count). The first-order valence-corrected chi connectivity index (χ1v) is 10.1. The lowest BCUT2D eigenvalue weighted by Gasteiger charge is -2.26. The second-order valence-electron chi connectivity index (χ2n) is 7.28. The van der Waals surface area contributed by atoms with Crippen molar-refractivity contribution in [3.05, 3.63) is 53.2 Å². The van der Waals surface area contributed by atoms with Crippen molar-refractivity contribution in [3.63, 3.8) is 0 Å². The number of pyridine rings is 1. The van der Waals surface area contributed by atoms with Gasteiger partial charge in [-0.2, -0.15) is 0 Å². The van der Waals surface area contributed by atoms with Gasteiger partial charge >= 0.3 is 0 Å². The Hall–Kier alpha value is -2.60. The number of hydrogen-bond acceptors (Lipinski definition) is 4. The van der Waals surface area contributed by atoms with Gasteiger partial charge in [-0.05, 0) is 43.5 Å². The molecule has 1 unspecified atom stereocenters. The third-order valence-corrected chi connectivity index (χ3v) is 5.59. The highest BCUT2D eigenvalue weighted by atomic mass is 35.5. The maximum atomic E-state index is 12.7. The molecule has 2 aromatic rings. The SMILES string of the molecule is O=C(c1ccnc(NC2CC(=O)N(c3ccccc3Cl)C2)c1)N1CCCCC1. The lowest BCUT2D eigenvalue weighted by atomic mass is 10.1. The number of carbonyl (C=O) groups excluding carboxylic acids is 2. The standard InChI is InChI=1S/C21H23ClN4O2/c22-17-6-2-3-7-18(17)26-14-16(13-20(26)27)24-19-12-15(8-9-23-19)21(28)25-10-4-1-5-11-25/h2-3,6-9,12,16H,1,4-5,10-11,13-14H2,(H,23,24). The summed E-state index contributed by atoms with van der Waals surface area (Å²) in [5.41, 5.74) is 1.35. The molecule has 2 fully saturated rings. The number of aromatic nitrogens is 1. The van der Waals surface area contributed by atoms with Crippen molar-refractivity contribution in [1.29, 1.82) is 0 Å². The zero-order valence-corrected chi connectivity index (χ0v) is 16.4. The van der Waals surface area contributed by atoms with Gasteiger partial charge in [0, 0.05) is 37.8 Å². The van der Waals surface area contributed by atoms with Crippen LogP contribution in [-0.2, 0) is 4.79 Å². The molecule has 28 heavy (non-hydrogen) atoms. The number of hydrogen-bond donors (Lipinski definition) is 1. The highest BCUT2D eigenvalue weighted by Crippen LogP contribution is 2.29. The summed E-state index contributed by atoms with van der Waals surface area (Å²) < 4.78 is 0. The molecular formula is C21H23ClN4O2. The van der Waals surface area contributed by atoms with Crippen LogP contribution in [0.2, 0.25) is 5.02 Å². The van der Waals surface area contributed by atoms with Crippen LogP contribution in [-0.4, -0.2) is 47.4 Å². The summed E-state index contributed by atoms with van der Waals surface area (Å²) in [6.07, 6.45) is 5.30. The van der Waals surface area contributed by atoms with E-state index in [4.69, 9.17) is 11.6 Å². The summed E-state index contributed by atoms with van der Waals surface area (Å²) in [6.45, 7) is 2.14. The topological polar surface area (TPSA) is 65.5 Å². The molecule has 146 valence electrons. The smallest absolute Gasteiger partial charge is 0.254 e. The normalized spacial score (nSPS) is 19.8. The molecule has 3 heterocycles. The van der Waals surface area contributed by atoms with E-state index in [0.717, 1.165) is 31.6 Å². The van der Waals surface area contributed by atoms with Crippen molar-refractivity contribution in [3.8, 4) is 0 Å². The van der Waals surface area contributed by atoms with Crippen molar-refractivity contribution in [2.45, 2.75) is 31.7 Å². The van der Waals surface area contributed by atoms with Crippen molar-refractivity contribution in [1.82, 2.24) is 9.88 Å². The quantitative estimate of drug-likeness (QED) is 0.854. The fraction of sp³-hybridized carbons (Fsp3) is 0.381. The first-order chi connectivity index (χ1) is 13.6. The first-order valence-electron chi connectivity index (χ1n) is 9.68. The lowest BCUT2D eigenvalue weighted by Crippen LogP contribution is -2.35. The molecule has 2 aliphatic rings. The van der Waals surface area contributed by atoms with E-state index in [1.807, 2.05) is 23.1 Å². The summed E-state index contributed by atoms with van der Waals surface area (Å²) >= 11 is 6.24. The van der Waals surface area contributed by atoms with Gasteiger partial charge in [-0.25, -0.2) is 4.98 Å². The predicted molar refractivity (Wildman–Crippen MR) is 110 cm³/mol. The number of nitrogens with one attached hydrogen (secondary N) is 1. The average molecular weight is 399 g/mol. The van der Waals surface area contributed by atoms with Crippen LogP contribution in [0.15, 0.2) is 42.6 Å². The summed E-state index contributed by atoms with van der Waals surface area (Å²) in [7, 11) is 0. The van der Waals surface area contributed by atoms with E-state index in [9.17, 15) is 9.59 Å². The highest BCUT2D eigenvalue weighted by Gasteiger charge is 2.32. The molecule has 0 radical (unpaired) electrons. The zero-order chi connectivity index (χ0) is 19.5. The van der Waals surface area contributed by atoms with Crippen LogP contribution in [0.5, 0.6) is 0 Å². The van der Waals surface area contributed by atoms with Gasteiger partial charge in [-0.3, -0.25) is 9.59 Å². The molecule has 2 amide bonds. The van der Waals surface area contributed by atoms with E-state index in [-0.39, 0.29) is 17.9 Å². The Balaban J connectivity index is 1.44. The van der Waals surface area contributed by atoms with Crippen LogP contribution in [0.4, 0.5) is 11.5 Å². The number of rotatable bonds is 4. The van der Waals surface area contributed by atoms with E-state index < -0.39 is 0 Å². The number of benzene rings is 1. The van der Waals surface area contributed by atoms with Crippen LogP contribution >= 0.6 is 11.6 Å². The molecule has 1 aromatic heterocycles. The number of anilines is 2. The minimum absolute atomic E-state index is 0.0196. The number of likely N-dealkylation sites (tertiary alicyclic amines) is 1. The molecule has 1 atom stereocenters. The molecule has 0 saturated carbocycles. The van der Waals surface area contributed by atoms with Gasteiger partial charge < -0.3 is 15.1 Å². The van der Waals surface area contributed by atoms with E-state index in [1.54, 1.807) is 29.3 Å². The number of halogens is 1. The Labute approximate surface area is 169 Å². The number of carbonyl (C=O) groups is 2. The summed E-state index contributed by atoms with van der Waals surface area (Å²) in [6, 6.07) is 10.8. The zero-order valence-electron chi connectivity index (χ0n) is 15.6. The molecule has 0 aliphatic carbocycles. The second kappa shape index (κ2) is 8.19. The Kier molecular flexibility index (Phi) is 5.48. The summed E-state index contributed by atoms with van der Waals surface area (Å²) in [5, 5.41) is 3.86. The Bertz CT molecular complexity index is 882. The number of nitrogens with zero attached hydrogens (tertiary/aromatic N) is 3. The van der Waals surface area contributed by atoms with Crippen LogP contribution in [0.1, 0.15) is 36.0 Å².